The van der Waals surface area contributed by atoms with Crippen LogP contribution in [0.15, 0.2) is 59.1 Å². The molecule has 5 aromatic rings. The Kier molecular flexibility index (Phi) is 8.55. The molecule has 5 rings (SSSR count). The number of carbonyl (C=O) groups excluding carboxylic acids is 1. The third-order valence-electron chi connectivity index (χ3n) is 6.46. The number of thiazole rings is 1. The number of amides is 1. The molecule has 0 aliphatic heterocycles. The van der Waals surface area contributed by atoms with E-state index in [1.54, 1.807) is 38.1 Å². The first kappa shape index (κ1) is 31.1. The summed E-state index contributed by atoms with van der Waals surface area (Å²) in [6, 6.07) is 14.1. The molecule has 2 aromatic heterocycles. The summed E-state index contributed by atoms with van der Waals surface area (Å²) in [5, 5.41) is 7.53. The minimum atomic E-state index is -5.12. The molecular weight excluding hydrogens is 613 g/mol. The average Bonchev–Trinajstić information content (AvgIpc) is 3.62. The van der Waals surface area contributed by atoms with Crippen molar-refractivity contribution in [3.05, 3.63) is 65.7 Å². The normalized spacial score (nSPS) is 11.3. The first-order chi connectivity index (χ1) is 21.4. The maximum atomic E-state index is 13.7. The Morgan fingerprint density at radius 2 is 1.60 bits per heavy atom. The summed E-state index contributed by atoms with van der Waals surface area (Å²) in [5.41, 5.74) is 8.51. The quantitative estimate of drug-likeness (QED) is 0.172. The maximum Gasteiger partial charge on any atom is 0.472 e. The number of alkyl halides is 3. The van der Waals surface area contributed by atoms with Crippen molar-refractivity contribution >= 4 is 45.3 Å². The summed E-state index contributed by atoms with van der Waals surface area (Å²) in [6.45, 7) is 3.47. The van der Waals surface area contributed by atoms with Gasteiger partial charge in [0.1, 0.15) is 10.7 Å². The lowest BCUT2D eigenvalue weighted by Gasteiger charge is -2.25. The number of hydrogen-bond donors (Lipinski definition) is 2. The molecule has 0 saturated heterocycles. The molecule has 1 amide bonds. The fourth-order valence-corrected chi connectivity index (χ4v) is 5.45. The van der Waals surface area contributed by atoms with Crippen molar-refractivity contribution in [3.63, 3.8) is 0 Å². The number of aromatic nitrogens is 3. The van der Waals surface area contributed by atoms with E-state index in [1.807, 2.05) is 0 Å². The summed E-state index contributed by atoms with van der Waals surface area (Å²) in [6.07, 6.45) is -5.12. The molecule has 11 nitrogen and oxygen atoms in total. The van der Waals surface area contributed by atoms with Crippen molar-refractivity contribution < 1.29 is 36.7 Å². The molecule has 0 aliphatic carbocycles. The number of halogens is 3. The van der Waals surface area contributed by atoms with Crippen LogP contribution < -0.4 is 30.2 Å². The van der Waals surface area contributed by atoms with Crippen LogP contribution in [-0.2, 0) is 4.79 Å². The molecule has 0 radical (unpaired) electrons. The Bertz CT molecular complexity index is 1830. The topological polar surface area (TPSA) is 138 Å². The fourth-order valence-electron chi connectivity index (χ4n) is 4.62. The second-order valence-corrected chi connectivity index (χ2v) is 10.7. The molecular formula is C30H27F3N6O5S. The molecule has 0 spiro atoms. The summed E-state index contributed by atoms with van der Waals surface area (Å²) < 4.78 is 62.7. The number of benzene rings is 3. The minimum absolute atomic E-state index is 0.0275. The van der Waals surface area contributed by atoms with Gasteiger partial charge < -0.3 is 29.8 Å². The maximum absolute atomic E-state index is 13.7. The lowest BCUT2D eigenvalue weighted by Crippen LogP contribution is -2.38. The SMILES string of the molecule is COc1cc(Nc2nc(N)c(-c3nc(-c4cccc(N(C(=O)C(F)(F)F)c5cc(C)cc(C)c5)c4)no3)s2)cc(OC)c1OC. The second kappa shape index (κ2) is 12.4. The number of hydrogen-bond acceptors (Lipinski definition) is 11. The number of nitrogens with two attached hydrogens (primary N) is 1. The minimum Gasteiger partial charge on any atom is -0.493 e. The van der Waals surface area contributed by atoms with E-state index in [2.05, 4.69) is 20.4 Å². The number of methoxy groups -OCH3 is 3. The molecule has 3 N–H and O–H groups in total. The molecule has 0 saturated carbocycles. The van der Waals surface area contributed by atoms with Crippen LogP contribution >= 0.6 is 11.3 Å². The Morgan fingerprint density at radius 3 is 2.20 bits per heavy atom. The van der Waals surface area contributed by atoms with Crippen LogP contribution in [0.2, 0.25) is 0 Å². The van der Waals surface area contributed by atoms with Crippen LogP contribution in [0, 0.1) is 13.8 Å². The van der Waals surface area contributed by atoms with Crippen molar-refractivity contribution in [1.82, 2.24) is 15.1 Å². The smallest absolute Gasteiger partial charge is 0.472 e. The zero-order valence-electron chi connectivity index (χ0n) is 24.6. The highest BCUT2D eigenvalue weighted by Crippen LogP contribution is 2.42. The molecule has 0 fully saturated rings. The third kappa shape index (κ3) is 6.47. The Morgan fingerprint density at radius 1 is 0.933 bits per heavy atom. The van der Waals surface area contributed by atoms with E-state index in [0.717, 1.165) is 11.3 Å². The van der Waals surface area contributed by atoms with Crippen LogP contribution in [0.3, 0.4) is 0 Å². The Hall–Kier alpha value is -5.31. The van der Waals surface area contributed by atoms with Gasteiger partial charge in [0.2, 0.25) is 11.6 Å². The summed E-state index contributed by atoms with van der Waals surface area (Å²) in [4.78, 5) is 22.3. The van der Waals surface area contributed by atoms with Gasteiger partial charge >= 0.3 is 12.1 Å². The van der Waals surface area contributed by atoms with E-state index in [9.17, 15) is 18.0 Å². The van der Waals surface area contributed by atoms with E-state index in [4.69, 9.17) is 24.5 Å². The van der Waals surface area contributed by atoms with Crippen molar-refractivity contribution in [2.45, 2.75) is 20.0 Å². The number of anilines is 5. The highest BCUT2D eigenvalue weighted by atomic mass is 32.1. The molecule has 0 unspecified atom stereocenters. The highest BCUT2D eigenvalue weighted by Gasteiger charge is 2.44. The number of nitrogens with one attached hydrogen (secondary N) is 1. The number of nitrogen functional groups attached to an aromatic ring is 1. The van der Waals surface area contributed by atoms with Crippen molar-refractivity contribution in [2.24, 2.45) is 0 Å². The summed E-state index contributed by atoms with van der Waals surface area (Å²) in [7, 11) is 4.50. The van der Waals surface area contributed by atoms with Gasteiger partial charge in [0.25, 0.3) is 5.89 Å². The zero-order valence-corrected chi connectivity index (χ0v) is 25.5. The van der Waals surface area contributed by atoms with Crippen molar-refractivity contribution in [2.75, 3.05) is 37.3 Å². The predicted molar refractivity (Wildman–Crippen MR) is 164 cm³/mol. The molecule has 45 heavy (non-hydrogen) atoms. The Balaban J connectivity index is 1.46. The van der Waals surface area contributed by atoms with Gasteiger partial charge in [-0.25, -0.2) is 4.98 Å². The van der Waals surface area contributed by atoms with Crippen molar-refractivity contribution in [3.8, 4) is 39.4 Å². The molecule has 0 aliphatic rings. The van der Waals surface area contributed by atoms with Gasteiger partial charge in [0.15, 0.2) is 16.6 Å². The number of aryl methyl sites for hydroxylation is 2. The summed E-state index contributed by atoms with van der Waals surface area (Å²) in [5.74, 6) is -0.535. The third-order valence-corrected chi connectivity index (χ3v) is 7.44. The largest absolute Gasteiger partial charge is 0.493 e. The first-order valence-corrected chi connectivity index (χ1v) is 14.0. The van der Waals surface area contributed by atoms with E-state index < -0.39 is 12.1 Å². The van der Waals surface area contributed by atoms with E-state index in [-0.39, 0.29) is 28.9 Å². The average molecular weight is 641 g/mol. The molecule has 15 heteroatoms. The first-order valence-electron chi connectivity index (χ1n) is 13.2. The predicted octanol–water partition coefficient (Wildman–Crippen LogP) is 7.06. The van der Waals surface area contributed by atoms with Crippen LogP contribution in [0.5, 0.6) is 17.2 Å². The molecule has 0 atom stereocenters. The van der Waals surface area contributed by atoms with E-state index in [1.165, 1.54) is 51.7 Å². The molecule has 2 heterocycles. The van der Waals surface area contributed by atoms with Crippen LogP contribution in [-0.4, -0.2) is 48.5 Å². The number of ether oxygens (including phenoxy) is 3. The van der Waals surface area contributed by atoms with Gasteiger partial charge in [0, 0.05) is 34.8 Å². The van der Waals surface area contributed by atoms with Crippen LogP contribution in [0.25, 0.3) is 22.2 Å². The van der Waals surface area contributed by atoms with Gasteiger partial charge in [-0.3, -0.25) is 9.69 Å². The highest BCUT2D eigenvalue weighted by molar-refractivity contribution is 7.19. The van der Waals surface area contributed by atoms with Gasteiger partial charge in [0.05, 0.1) is 21.3 Å². The van der Waals surface area contributed by atoms with Gasteiger partial charge in [-0.05, 0) is 49.2 Å². The lowest BCUT2D eigenvalue weighted by atomic mass is 10.1. The van der Waals surface area contributed by atoms with Gasteiger partial charge in [-0.1, -0.05) is 34.7 Å². The molecule has 3 aromatic carbocycles. The van der Waals surface area contributed by atoms with Crippen LogP contribution in [0.4, 0.5) is 41.2 Å². The number of rotatable bonds is 9. The van der Waals surface area contributed by atoms with Gasteiger partial charge in [-0.15, -0.1) is 0 Å². The Labute approximate surface area is 259 Å². The number of nitrogens with zero attached hydrogens (tertiary/aromatic N) is 4. The molecule has 0 bridgehead atoms. The summed E-state index contributed by atoms with van der Waals surface area (Å²) >= 11 is 1.13. The lowest BCUT2D eigenvalue weighted by molar-refractivity contribution is -0.169. The standard InChI is InChI=1S/C30H27F3N6O5S/c1-15-9-16(2)11-20(10-15)39(28(40)30(31,32)33)19-8-6-7-17(12-19)26-37-27(44-38-26)24-25(34)36-29(45-24)35-18-13-21(41-3)23(43-5)22(14-18)42-4/h6-14H,34H2,1-5H3,(H,35,36). The van der Waals surface area contributed by atoms with Gasteiger partial charge in [-0.2, -0.15) is 18.2 Å². The zero-order chi connectivity index (χ0) is 32.5. The monoisotopic (exact) mass is 640 g/mol. The second-order valence-electron chi connectivity index (χ2n) is 9.73. The number of carbonyl (C=O) groups is 1. The fraction of sp³-hybridized carbons (Fsp3) is 0.200. The molecule has 234 valence electrons. The van der Waals surface area contributed by atoms with Crippen LogP contribution in [0.1, 0.15) is 11.1 Å². The van der Waals surface area contributed by atoms with Crippen molar-refractivity contribution in [1.29, 1.82) is 0 Å². The van der Waals surface area contributed by atoms with E-state index in [0.29, 0.717) is 54.5 Å². The van der Waals surface area contributed by atoms with E-state index >= 15 is 0 Å².